The summed E-state index contributed by atoms with van der Waals surface area (Å²) < 4.78 is 0. The molecule has 0 unspecified atom stereocenters. The van der Waals surface area contributed by atoms with Gasteiger partial charge in [-0.2, -0.15) is 0 Å². The second-order valence-corrected chi connectivity index (χ2v) is 5.47. The Kier molecular flexibility index (Phi) is 2.94. The normalized spacial score (nSPS) is 19.4. The van der Waals surface area contributed by atoms with E-state index in [4.69, 9.17) is 0 Å². The molecule has 0 amide bonds. The van der Waals surface area contributed by atoms with Crippen LogP contribution in [0.25, 0.3) is 5.57 Å². The largest absolute Gasteiger partial charge is 0.294 e. The molecule has 0 fully saturated rings. The van der Waals surface area contributed by atoms with E-state index in [9.17, 15) is 4.79 Å². The second-order valence-electron chi connectivity index (χ2n) is 5.47. The molecule has 0 N–H and O–H groups in total. The highest BCUT2D eigenvalue weighted by Crippen LogP contribution is 2.33. The molecule has 1 aliphatic carbocycles. The van der Waals surface area contributed by atoms with Gasteiger partial charge in [-0.1, -0.05) is 32.0 Å². The SMILES string of the molecule is CC(C)c1ccc2c(c1)CC(=O)/C2=C\C1=CN=CC1. The fourth-order valence-corrected chi connectivity index (χ4v) is 2.60. The number of Topliss-reactive ketones (excluding diaryl/α,β-unsaturated/α-hetero) is 1. The first-order chi connectivity index (χ1) is 9.15. The van der Waals surface area contributed by atoms with Crippen molar-refractivity contribution in [2.75, 3.05) is 0 Å². The van der Waals surface area contributed by atoms with E-state index >= 15 is 0 Å². The van der Waals surface area contributed by atoms with Gasteiger partial charge in [0.25, 0.3) is 0 Å². The third-order valence-corrected chi connectivity index (χ3v) is 3.74. The van der Waals surface area contributed by atoms with E-state index in [-0.39, 0.29) is 5.78 Å². The fraction of sp³-hybridized carbons (Fsp3) is 0.294. The molecule has 1 aromatic rings. The highest BCUT2D eigenvalue weighted by molar-refractivity contribution is 6.25. The number of carbonyl (C=O) groups excluding carboxylic acids is 1. The maximum absolute atomic E-state index is 12.2. The summed E-state index contributed by atoms with van der Waals surface area (Å²) in [7, 11) is 0. The number of hydrogen-bond donors (Lipinski definition) is 0. The van der Waals surface area contributed by atoms with Crippen molar-refractivity contribution in [3.63, 3.8) is 0 Å². The zero-order chi connectivity index (χ0) is 13.4. The lowest BCUT2D eigenvalue weighted by Crippen LogP contribution is -1.94. The standard InChI is InChI=1S/C17H17NO/c1-11(2)13-3-4-15-14(8-13)9-17(19)16(15)7-12-5-6-18-10-12/h3-4,6-8,10-11H,5,9H2,1-2H3/b16-7-. The van der Waals surface area contributed by atoms with Crippen LogP contribution in [0.1, 0.15) is 42.9 Å². The first-order valence-corrected chi connectivity index (χ1v) is 6.74. The first-order valence-electron chi connectivity index (χ1n) is 6.74. The molecular weight excluding hydrogens is 234 g/mol. The van der Waals surface area contributed by atoms with Crippen molar-refractivity contribution < 1.29 is 4.79 Å². The van der Waals surface area contributed by atoms with Crippen LogP contribution in [0.3, 0.4) is 0 Å². The number of fused-ring (bicyclic) bond motifs is 1. The number of carbonyl (C=O) groups is 1. The third-order valence-electron chi connectivity index (χ3n) is 3.74. The van der Waals surface area contributed by atoms with Crippen molar-refractivity contribution in [2.45, 2.75) is 32.6 Å². The van der Waals surface area contributed by atoms with Crippen molar-refractivity contribution in [1.82, 2.24) is 0 Å². The minimum absolute atomic E-state index is 0.226. The van der Waals surface area contributed by atoms with Crippen LogP contribution in [0, 0.1) is 0 Å². The Morgan fingerprint density at radius 3 is 2.84 bits per heavy atom. The van der Waals surface area contributed by atoms with Gasteiger partial charge in [-0.3, -0.25) is 9.79 Å². The molecule has 96 valence electrons. The van der Waals surface area contributed by atoms with Crippen LogP contribution >= 0.6 is 0 Å². The third kappa shape index (κ3) is 2.19. The second kappa shape index (κ2) is 4.61. The Labute approximate surface area is 113 Å². The maximum atomic E-state index is 12.2. The summed E-state index contributed by atoms with van der Waals surface area (Å²) in [6.45, 7) is 4.35. The highest BCUT2D eigenvalue weighted by atomic mass is 16.1. The quantitative estimate of drug-likeness (QED) is 0.737. The molecule has 19 heavy (non-hydrogen) atoms. The van der Waals surface area contributed by atoms with Gasteiger partial charge in [-0.05, 0) is 34.3 Å². The zero-order valence-corrected chi connectivity index (χ0v) is 11.3. The van der Waals surface area contributed by atoms with Crippen LogP contribution in [0.4, 0.5) is 0 Å². The number of hydrogen-bond acceptors (Lipinski definition) is 2. The number of ketones is 1. The monoisotopic (exact) mass is 251 g/mol. The molecule has 0 saturated heterocycles. The molecule has 3 rings (SSSR count). The molecule has 1 heterocycles. The van der Waals surface area contributed by atoms with E-state index in [1.165, 1.54) is 11.1 Å². The van der Waals surface area contributed by atoms with Crippen LogP contribution in [0.5, 0.6) is 0 Å². The average Bonchev–Trinajstić information content (AvgIpc) is 2.98. The van der Waals surface area contributed by atoms with Gasteiger partial charge < -0.3 is 0 Å². The number of rotatable bonds is 2. The van der Waals surface area contributed by atoms with E-state index in [1.54, 1.807) is 0 Å². The van der Waals surface area contributed by atoms with Crippen LogP contribution in [0.2, 0.25) is 0 Å². The fourth-order valence-electron chi connectivity index (χ4n) is 2.60. The summed E-state index contributed by atoms with van der Waals surface area (Å²) in [4.78, 5) is 16.2. The average molecular weight is 251 g/mol. The summed E-state index contributed by atoms with van der Waals surface area (Å²) >= 11 is 0. The first kappa shape index (κ1) is 12.1. The lowest BCUT2D eigenvalue weighted by Gasteiger charge is -2.07. The lowest BCUT2D eigenvalue weighted by atomic mass is 9.97. The Bertz CT molecular complexity index is 633. The molecule has 0 saturated carbocycles. The molecule has 0 radical (unpaired) electrons. The Morgan fingerprint density at radius 1 is 1.32 bits per heavy atom. The molecule has 0 bridgehead atoms. The molecule has 0 aromatic heterocycles. The van der Waals surface area contributed by atoms with Gasteiger partial charge in [-0.25, -0.2) is 0 Å². The van der Waals surface area contributed by atoms with Gasteiger partial charge >= 0.3 is 0 Å². The Balaban J connectivity index is 2.00. The van der Waals surface area contributed by atoms with Crippen LogP contribution in [-0.4, -0.2) is 12.0 Å². The minimum atomic E-state index is 0.226. The van der Waals surface area contributed by atoms with E-state index in [2.05, 4.69) is 37.0 Å². The summed E-state index contributed by atoms with van der Waals surface area (Å²) in [5.41, 5.74) is 5.53. The van der Waals surface area contributed by atoms with Crippen molar-refractivity contribution >= 4 is 17.6 Å². The summed E-state index contributed by atoms with van der Waals surface area (Å²) in [5, 5.41) is 0. The van der Waals surface area contributed by atoms with Gasteiger partial charge in [0.15, 0.2) is 5.78 Å². The van der Waals surface area contributed by atoms with E-state index < -0.39 is 0 Å². The number of nitrogens with zero attached hydrogens (tertiary/aromatic N) is 1. The van der Waals surface area contributed by atoms with Gasteiger partial charge in [0.2, 0.25) is 0 Å². The molecule has 2 heteroatoms. The van der Waals surface area contributed by atoms with E-state index in [0.29, 0.717) is 12.3 Å². The van der Waals surface area contributed by atoms with Crippen molar-refractivity contribution in [3.8, 4) is 0 Å². The Hall–Kier alpha value is -1.96. The van der Waals surface area contributed by atoms with E-state index in [0.717, 1.165) is 23.1 Å². The van der Waals surface area contributed by atoms with Crippen molar-refractivity contribution in [1.29, 1.82) is 0 Å². The molecule has 1 aliphatic heterocycles. The highest BCUT2D eigenvalue weighted by Gasteiger charge is 2.25. The van der Waals surface area contributed by atoms with Gasteiger partial charge in [0, 0.05) is 30.8 Å². The smallest absolute Gasteiger partial charge is 0.167 e. The maximum Gasteiger partial charge on any atom is 0.167 e. The van der Waals surface area contributed by atoms with Crippen molar-refractivity contribution in [2.24, 2.45) is 4.99 Å². The van der Waals surface area contributed by atoms with Gasteiger partial charge in [-0.15, -0.1) is 0 Å². The van der Waals surface area contributed by atoms with Crippen molar-refractivity contribution in [3.05, 3.63) is 52.7 Å². The summed E-state index contributed by atoms with van der Waals surface area (Å²) in [6, 6.07) is 6.41. The molecule has 0 spiro atoms. The molecule has 0 atom stereocenters. The predicted molar refractivity (Wildman–Crippen MR) is 78.4 cm³/mol. The molecular formula is C17H17NO. The zero-order valence-electron chi connectivity index (χ0n) is 11.3. The summed E-state index contributed by atoms with van der Waals surface area (Å²) in [5.74, 6) is 0.725. The van der Waals surface area contributed by atoms with E-state index in [1.807, 2.05) is 18.5 Å². The topological polar surface area (TPSA) is 29.4 Å². The van der Waals surface area contributed by atoms with Crippen LogP contribution in [-0.2, 0) is 11.2 Å². The number of benzene rings is 1. The molecule has 2 nitrogen and oxygen atoms in total. The van der Waals surface area contributed by atoms with Crippen LogP contribution in [0.15, 0.2) is 41.0 Å². The number of allylic oxidation sites excluding steroid dienone is 3. The minimum Gasteiger partial charge on any atom is -0.294 e. The molecule has 1 aromatic carbocycles. The van der Waals surface area contributed by atoms with Gasteiger partial charge in [0.1, 0.15) is 0 Å². The van der Waals surface area contributed by atoms with Gasteiger partial charge in [0.05, 0.1) is 0 Å². The summed E-state index contributed by atoms with van der Waals surface area (Å²) in [6.07, 6.45) is 7.07. The van der Waals surface area contributed by atoms with Crippen LogP contribution < -0.4 is 0 Å². The predicted octanol–water partition coefficient (Wildman–Crippen LogP) is 3.68. The molecule has 2 aliphatic rings. The number of aliphatic imine (C=N–C) groups is 1. The lowest BCUT2D eigenvalue weighted by molar-refractivity contribution is -0.112. The Morgan fingerprint density at radius 2 is 2.16 bits per heavy atom.